The Hall–Kier alpha value is -1.75. The highest BCUT2D eigenvalue weighted by Crippen LogP contribution is 2.27. The summed E-state index contributed by atoms with van der Waals surface area (Å²) in [5.41, 5.74) is 13.1. The number of ether oxygens (including phenoxy) is 1. The molecule has 19 heavy (non-hydrogen) atoms. The van der Waals surface area contributed by atoms with Gasteiger partial charge in [-0.3, -0.25) is 4.79 Å². The molecule has 1 aromatic carbocycles. The first-order valence-corrected chi connectivity index (χ1v) is 6.55. The lowest BCUT2D eigenvalue weighted by Gasteiger charge is -2.35. The minimum atomic E-state index is -0.434. The van der Waals surface area contributed by atoms with E-state index in [1.807, 2.05) is 12.1 Å². The molecule has 0 aromatic heterocycles. The van der Waals surface area contributed by atoms with Crippen LogP contribution in [0.25, 0.3) is 0 Å². The summed E-state index contributed by atoms with van der Waals surface area (Å²) in [6.07, 6.45) is 2.25. The molecule has 0 aliphatic carbocycles. The lowest BCUT2D eigenvalue weighted by atomic mass is 9.97. The number of nitrogens with two attached hydrogens (primary N) is 2. The lowest BCUT2D eigenvalue weighted by Crippen LogP contribution is -2.38. The molecule has 5 heteroatoms. The average Bonchev–Trinajstić information content (AvgIpc) is 2.39. The van der Waals surface area contributed by atoms with Crippen molar-refractivity contribution in [3.8, 4) is 0 Å². The summed E-state index contributed by atoms with van der Waals surface area (Å²) in [6, 6.07) is 5.34. The zero-order valence-electron chi connectivity index (χ0n) is 11.3. The number of carbonyl (C=O) groups is 1. The minimum absolute atomic E-state index is 0.434. The first kappa shape index (κ1) is 13.7. The van der Waals surface area contributed by atoms with E-state index >= 15 is 0 Å². The Balaban J connectivity index is 2.23. The first-order valence-electron chi connectivity index (χ1n) is 6.55. The fraction of sp³-hybridized carbons (Fsp3) is 0.500. The van der Waals surface area contributed by atoms with Crippen LogP contribution < -0.4 is 16.4 Å². The normalized spacial score (nSPS) is 19.4. The quantitative estimate of drug-likeness (QED) is 0.801. The zero-order valence-corrected chi connectivity index (χ0v) is 11.3. The molecule has 0 spiro atoms. The Bertz CT molecular complexity index is 460. The van der Waals surface area contributed by atoms with Crippen LogP contribution in [0.15, 0.2) is 18.2 Å². The second kappa shape index (κ2) is 5.93. The predicted molar refractivity (Wildman–Crippen MR) is 76.2 cm³/mol. The first-order chi connectivity index (χ1) is 9.11. The number of primary amides is 1. The number of hydrogen-bond donors (Lipinski definition) is 2. The second-order valence-electron chi connectivity index (χ2n) is 5.05. The highest BCUT2D eigenvalue weighted by molar-refractivity contribution is 5.99. The summed E-state index contributed by atoms with van der Waals surface area (Å²) in [4.78, 5) is 13.7. The third-order valence-electron chi connectivity index (χ3n) is 3.55. The van der Waals surface area contributed by atoms with E-state index in [4.69, 9.17) is 16.2 Å². The van der Waals surface area contributed by atoms with Crippen LogP contribution in [0, 0.1) is 5.92 Å². The molecule has 1 aliphatic heterocycles. The number of carbonyl (C=O) groups excluding carboxylic acids is 1. The molecule has 1 saturated heterocycles. The van der Waals surface area contributed by atoms with E-state index < -0.39 is 5.91 Å². The maximum Gasteiger partial charge on any atom is 0.250 e. The van der Waals surface area contributed by atoms with E-state index in [0.29, 0.717) is 17.2 Å². The summed E-state index contributed by atoms with van der Waals surface area (Å²) in [5, 5.41) is 0. The number of methoxy groups -OCH3 is 1. The van der Waals surface area contributed by atoms with Gasteiger partial charge in [0.05, 0.1) is 12.2 Å². The van der Waals surface area contributed by atoms with Crippen molar-refractivity contribution in [1.29, 1.82) is 0 Å². The second-order valence-corrected chi connectivity index (χ2v) is 5.05. The highest BCUT2D eigenvalue weighted by atomic mass is 16.5. The van der Waals surface area contributed by atoms with E-state index in [2.05, 4.69) is 4.90 Å². The number of benzene rings is 1. The van der Waals surface area contributed by atoms with E-state index in [-0.39, 0.29) is 0 Å². The van der Waals surface area contributed by atoms with Crippen molar-refractivity contribution in [2.45, 2.75) is 12.8 Å². The molecule has 1 unspecified atom stereocenters. The molecule has 0 radical (unpaired) electrons. The van der Waals surface area contributed by atoms with Crippen LogP contribution in [0.1, 0.15) is 23.2 Å². The van der Waals surface area contributed by atoms with E-state index in [1.165, 1.54) is 0 Å². The Morgan fingerprint density at radius 3 is 3.00 bits per heavy atom. The van der Waals surface area contributed by atoms with Crippen molar-refractivity contribution in [3.63, 3.8) is 0 Å². The summed E-state index contributed by atoms with van der Waals surface area (Å²) in [5.74, 6) is 0.0631. The number of nitrogens with zero attached hydrogens (tertiary/aromatic N) is 1. The van der Waals surface area contributed by atoms with Crippen molar-refractivity contribution in [2.24, 2.45) is 11.7 Å². The number of piperidine rings is 1. The standard InChI is InChI=1S/C14H21N3O2/c1-19-9-10-3-2-6-17(8-10)13-5-4-11(15)7-12(13)14(16)18/h4-5,7,10H,2-3,6,8-9,15H2,1H3,(H2,16,18). The summed E-state index contributed by atoms with van der Waals surface area (Å²) in [7, 11) is 1.72. The van der Waals surface area contributed by atoms with Gasteiger partial charge in [0.2, 0.25) is 0 Å². The van der Waals surface area contributed by atoms with Crippen LogP contribution in [-0.4, -0.2) is 32.7 Å². The van der Waals surface area contributed by atoms with Gasteiger partial charge in [-0.05, 0) is 37.0 Å². The molecule has 1 amide bonds. The van der Waals surface area contributed by atoms with E-state index in [9.17, 15) is 4.79 Å². The smallest absolute Gasteiger partial charge is 0.250 e. The van der Waals surface area contributed by atoms with Gasteiger partial charge in [0.15, 0.2) is 0 Å². The zero-order chi connectivity index (χ0) is 13.8. The number of rotatable bonds is 4. The molecule has 4 N–H and O–H groups in total. The Kier molecular flexibility index (Phi) is 4.27. The third kappa shape index (κ3) is 3.17. The van der Waals surface area contributed by atoms with Crippen LogP contribution in [0.3, 0.4) is 0 Å². The number of nitrogen functional groups attached to an aromatic ring is 1. The van der Waals surface area contributed by atoms with Crippen LogP contribution in [0.5, 0.6) is 0 Å². The molecule has 104 valence electrons. The molecule has 0 bridgehead atoms. The van der Waals surface area contributed by atoms with Gasteiger partial charge in [-0.1, -0.05) is 0 Å². The number of anilines is 2. The monoisotopic (exact) mass is 263 g/mol. The minimum Gasteiger partial charge on any atom is -0.399 e. The van der Waals surface area contributed by atoms with Gasteiger partial charge in [0.25, 0.3) is 5.91 Å². The Labute approximate surface area is 113 Å². The van der Waals surface area contributed by atoms with Gasteiger partial charge in [-0.15, -0.1) is 0 Å². The SMILES string of the molecule is COCC1CCCN(c2ccc(N)cc2C(N)=O)C1. The molecule has 1 fully saturated rings. The molecule has 1 aliphatic rings. The Morgan fingerprint density at radius 2 is 2.32 bits per heavy atom. The molecule has 5 nitrogen and oxygen atoms in total. The maximum absolute atomic E-state index is 11.5. The predicted octanol–water partition coefficient (Wildman–Crippen LogP) is 1.23. The van der Waals surface area contributed by atoms with Gasteiger partial charge in [0.1, 0.15) is 0 Å². The molecular formula is C14H21N3O2. The summed E-state index contributed by atoms with van der Waals surface area (Å²) < 4.78 is 5.22. The Morgan fingerprint density at radius 1 is 1.53 bits per heavy atom. The molecule has 1 aromatic rings. The third-order valence-corrected chi connectivity index (χ3v) is 3.55. The van der Waals surface area contributed by atoms with Gasteiger partial charge in [-0.2, -0.15) is 0 Å². The van der Waals surface area contributed by atoms with Crippen LogP contribution in [0.4, 0.5) is 11.4 Å². The van der Waals surface area contributed by atoms with Crippen LogP contribution in [0.2, 0.25) is 0 Å². The lowest BCUT2D eigenvalue weighted by molar-refractivity contribution is 0.100. The molecule has 1 heterocycles. The van der Waals surface area contributed by atoms with Crippen molar-refractivity contribution >= 4 is 17.3 Å². The summed E-state index contributed by atoms with van der Waals surface area (Å²) >= 11 is 0. The molecule has 1 atom stereocenters. The number of amides is 1. The topological polar surface area (TPSA) is 81.6 Å². The highest BCUT2D eigenvalue weighted by Gasteiger charge is 2.23. The number of hydrogen-bond acceptors (Lipinski definition) is 4. The average molecular weight is 263 g/mol. The van der Waals surface area contributed by atoms with E-state index in [1.54, 1.807) is 13.2 Å². The maximum atomic E-state index is 11.5. The van der Waals surface area contributed by atoms with Crippen molar-refractivity contribution in [3.05, 3.63) is 23.8 Å². The van der Waals surface area contributed by atoms with Crippen LogP contribution in [-0.2, 0) is 4.74 Å². The van der Waals surface area contributed by atoms with Crippen molar-refractivity contribution in [1.82, 2.24) is 0 Å². The summed E-state index contributed by atoms with van der Waals surface area (Å²) in [6.45, 7) is 2.57. The fourth-order valence-corrected chi connectivity index (χ4v) is 2.68. The van der Waals surface area contributed by atoms with E-state index in [0.717, 1.165) is 38.2 Å². The fourth-order valence-electron chi connectivity index (χ4n) is 2.68. The van der Waals surface area contributed by atoms with Gasteiger partial charge >= 0.3 is 0 Å². The van der Waals surface area contributed by atoms with Crippen molar-refractivity contribution < 1.29 is 9.53 Å². The van der Waals surface area contributed by atoms with Gasteiger partial charge in [-0.25, -0.2) is 0 Å². The van der Waals surface area contributed by atoms with Crippen molar-refractivity contribution in [2.75, 3.05) is 37.4 Å². The molecule has 2 rings (SSSR count). The molecule has 0 saturated carbocycles. The van der Waals surface area contributed by atoms with Gasteiger partial charge < -0.3 is 21.1 Å². The largest absolute Gasteiger partial charge is 0.399 e. The van der Waals surface area contributed by atoms with Gasteiger partial charge in [0, 0.05) is 31.6 Å². The van der Waals surface area contributed by atoms with Crippen LogP contribution >= 0.6 is 0 Å². The molecular weight excluding hydrogens is 242 g/mol.